The number of fused-ring (bicyclic) bond motifs is 1. The molecule has 0 aliphatic carbocycles. The van der Waals surface area contributed by atoms with E-state index in [2.05, 4.69) is 15.3 Å². The van der Waals surface area contributed by atoms with Crippen LogP contribution in [-0.2, 0) is 0 Å². The highest BCUT2D eigenvalue weighted by atomic mass is 35.5. The standard InChI is InChI=1S/C14H11ClFN3S/c1-7-5-10-13(17-8(2)18-14(10)20-7)19-9-3-4-12(16)11(15)6-9/h3-6H,1-2H3,(H,17,18,19). The van der Waals surface area contributed by atoms with Crippen LogP contribution in [0.1, 0.15) is 10.7 Å². The molecule has 0 radical (unpaired) electrons. The number of rotatable bonds is 2. The molecular weight excluding hydrogens is 297 g/mol. The maximum absolute atomic E-state index is 13.2. The Morgan fingerprint density at radius 2 is 2.00 bits per heavy atom. The van der Waals surface area contributed by atoms with Crippen molar-refractivity contribution in [2.24, 2.45) is 0 Å². The molecule has 102 valence electrons. The Morgan fingerprint density at radius 3 is 2.75 bits per heavy atom. The molecule has 0 bridgehead atoms. The zero-order valence-electron chi connectivity index (χ0n) is 10.9. The molecule has 1 aromatic carbocycles. The predicted molar refractivity (Wildman–Crippen MR) is 81.6 cm³/mol. The minimum atomic E-state index is -0.437. The number of halogens is 2. The van der Waals surface area contributed by atoms with Crippen LogP contribution >= 0.6 is 22.9 Å². The monoisotopic (exact) mass is 307 g/mol. The number of hydrogen-bond donors (Lipinski definition) is 1. The van der Waals surface area contributed by atoms with Gasteiger partial charge in [0.1, 0.15) is 22.3 Å². The number of aryl methyl sites for hydroxylation is 2. The summed E-state index contributed by atoms with van der Waals surface area (Å²) in [5.74, 6) is 0.960. The molecule has 0 fully saturated rings. The van der Waals surface area contributed by atoms with Crippen LogP contribution in [0, 0.1) is 19.7 Å². The molecule has 0 aliphatic rings. The summed E-state index contributed by atoms with van der Waals surface area (Å²) in [4.78, 5) is 10.9. The normalized spacial score (nSPS) is 11.0. The van der Waals surface area contributed by atoms with Crippen molar-refractivity contribution in [2.75, 3.05) is 5.32 Å². The van der Waals surface area contributed by atoms with Crippen molar-refractivity contribution in [3.8, 4) is 0 Å². The molecule has 0 unspecified atom stereocenters. The van der Waals surface area contributed by atoms with Gasteiger partial charge in [0.15, 0.2) is 0 Å². The van der Waals surface area contributed by atoms with Gasteiger partial charge in [-0.2, -0.15) is 0 Å². The summed E-state index contributed by atoms with van der Waals surface area (Å²) in [5, 5.41) is 4.21. The lowest BCUT2D eigenvalue weighted by Crippen LogP contribution is -1.97. The van der Waals surface area contributed by atoms with Crippen molar-refractivity contribution >= 4 is 44.7 Å². The molecule has 3 nitrogen and oxygen atoms in total. The highest BCUT2D eigenvalue weighted by Gasteiger charge is 2.10. The second-order valence-electron chi connectivity index (χ2n) is 4.45. The molecule has 0 spiro atoms. The zero-order valence-corrected chi connectivity index (χ0v) is 12.4. The first kappa shape index (κ1) is 13.3. The second-order valence-corrected chi connectivity index (χ2v) is 6.09. The molecule has 0 atom stereocenters. The van der Waals surface area contributed by atoms with Crippen LogP contribution in [0.15, 0.2) is 24.3 Å². The average molecular weight is 308 g/mol. The Bertz CT molecular complexity index is 800. The smallest absolute Gasteiger partial charge is 0.142 e. The van der Waals surface area contributed by atoms with Crippen LogP contribution in [0.5, 0.6) is 0 Å². The van der Waals surface area contributed by atoms with Crippen molar-refractivity contribution in [2.45, 2.75) is 13.8 Å². The number of benzene rings is 1. The van der Waals surface area contributed by atoms with E-state index in [1.165, 1.54) is 10.9 Å². The third kappa shape index (κ3) is 2.46. The van der Waals surface area contributed by atoms with Gasteiger partial charge >= 0.3 is 0 Å². The van der Waals surface area contributed by atoms with Crippen LogP contribution in [0.3, 0.4) is 0 Å². The van der Waals surface area contributed by atoms with Gasteiger partial charge in [-0.05, 0) is 38.1 Å². The third-order valence-electron chi connectivity index (χ3n) is 2.81. The highest BCUT2D eigenvalue weighted by molar-refractivity contribution is 7.18. The van der Waals surface area contributed by atoms with Crippen molar-refractivity contribution < 1.29 is 4.39 Å². The van der Waals surface area contributed by atoms with E-state index in [9.17, 15) is 4.39 Å². The lowest BCUT2D eigenvalue weighted by molar-refractivity contribution is 0.628. The minimum absolute atomic E-state index is 0.0820. The lowest BCUT2D eigenvalue weighted by Gasteiger charge is -2.08. The summed E-state index contributed by atoms with van der Waals surface area (Å²) >= 11 is 7.41. The molecule has 3 rings (SSSR count). The van der Waals surface area contributed by atoms with Gasteiger partial charge in [-0.25, -0.2) is 14.4 Å². The fourth-order valence-electron chi connectivity index (χ4n) is 1.95. The zero-order chi connectivity index (χ0) is 14.3. The van der Waals surface area contributed by atoms with Crippen LogP contribution in [0.4, 0.5) is 15.9 Å². The third-order valence-corrected chi connectivity index (χ3v) is 4.04. The molecule has 0 saturated carbocycles. The second kappa shape index (κ2) is 5.00. The van der Waals surface area contributed by atoms with Gasteiger partial charge in [-0.1, -0.05) is 11.6 Å². The van der Waals surface area contributed by atoms with Crippen LogP contribution in [0.2, 0.25) is 5.02 Å². The first-order valence-corrected chi connectivity index (χ1v) is 7.19. The van der Waals surface area contributed by atoms with Crippen LogP contribution in [0.25, 0.3) is 10.2 Å². The molecule has 20 heavy (non-hydrogen) atoms. The SMILES string of the molecule is Cc1nc(Nc2ccc(F)c(Cl)c2)c2cc(C)sc2n1. The molecular formula is C14H11ClFN3S. The van der Waals surface area contributed by atoms with E-state index in [-0.39, 0.29) is 5.02 Å². The Labute approximate surface area is 124 Å². The van der Waals surface area contributed by atoms with Crippen molar-refractivity contribution in [3.63, 3.8) is 0 Å². The van der Waals surface area contributed by atoms with Crippen molar-refractivity contribution in [1.82, 2.24) is 9.97 Å². The summed E-state index contributed by atoms with van der Waals surface area (Å²) in [6.07, 6.45) is 0. The number of nitrogens with one attached hydrogen (secondary N) is 1. The van der Waals surface area contributed by atoms with E-state index in [1.807, 2.05) is 19.9 Å². The first-order valence-electron chi connectivity index (χ1n) is 6.00. The summed E-state index contributed by atoms with van der Waals surface area (Å²) in [5.41, 5.74) is 0.694. The number of thiophene rings is 1. The Kier molecular flexibility index (Phi) is 3.31. The maximum Gasteiger partial charge on any atom is 0.142 e. The molecule has 0 amide bonds. The molecule has 0 aliphatic heterocycles. The molecule has 2 aromatic heterocycles. The highest BCUT2D eigenvalue weighted by Crippen LogP contribution is 2.31. The summed E-state index contributed by atoms with van der Waals surface area (Å²) in [7, 11) is 0. The average Bonchev–Trinajstić information content (AvgIpc) is 2.74. The minimum Gasteiger partial charge on any atom is -0.340 e. The van der Waals surface area contributed by atoms with E-state index in [4.69, 9.17) is 11.6 Å². The molecule has 1 N–H and O–H groups in total. The number of hydrogen-bond acceptors (Lipinski definition) is 4. The lowest BCUT2D eigenvalue weighted by atomic mass is 10.3. The van der Waals surface area contributed by atoms with Gasteiger partial charge in [0.25, 0.3) is 0 Å². The van der Waals surface area contributed by atoms with E-state index in [1.54, 1.807) is 23.5 Å². The largest absolute Gasteiger partial charge is 0.340 e. The van der Waals surface area contributed by atoms with E-state index in [0.29, 0.717) is 17.3 Å². The molecule has 6 heteroatoms. The summed E-state index contributed by atoms with van der Waals surface area (Å²) in [6.45, 7) is 3.87. The summed E-state index contributed by atoms with van der Waals surface area (Å²) < 4.78 is 13.2. The Hall–Kier alpha value is -1.72. The quantitative estimate of drug-likeness (QED) is 0.736. The Balaban J connectivity index is 2.07. The summed E-state index contributed by atoms with van der Waals surface area (Å²) in [6, 6.07) is 6.53. The van der Waals surface area contributed by atoms with Gasteiger partial charge in [0.05, 0.1) is 10.4 Å². The topological polar surface area (TPSA) is 37.8 Å². The van der Waals surface area contributed by atoms with E-state index >= 15 is 0 Å². The van der Waals surface area contributed by atoms with Crippen molar-refractivity contribution in [3.05, 3.63) is 45.8 Å². The molecule has 3 aromatic rings. The number of anilines is 2. The van der Waals surface area contributed by atoms with Crippen molar-refractivity contribution in [1.29, 1.82) is 0 Å². The fourth-order valence-corrected chi connectivity index (χ4v) is 3.06. The first-order chi connectivity index (χ1) is 9.52. The van der Waals surface area contributed by atoms with Gasteiger partial charge in [0, 0.05) is 10.6 Å². The Morgan fingerprint density at radius 1 is 1.20 bits per heavy atom. The van der Waals surface area contributed by atoms with Gasteiger partial charge in [0.2, 0.25) is 0 Å². The number of nitrogens with zero attached hydrogens (tertiary/aromatic N) is 2. The van der Waals surface area contributed by atoms with Gasteiger partial charge < -0.3 is 5.32 Å². The fraction of sp³-hybridized carbons (Fsp3) is 0.143. The van der Waals surface area contributed by atoms with Crippen LogP contribution < -0.4 is 5.32 Å². The molecule has 2 heterocycles. The number of aromatic nitrogens is 2. The van der Waals surface area contributed by atoms with Crippen LogP contribution in [-0.4, -0.2) is 9.97 Å². The van der Waals surface area contributed by atoms with E-state index in [0.717, 1.165) is 10.2 Å². The maximum atomic E-state index is 13.2. The van der Waals surface area contributed by atoms with Gasteiger partial charge in [-0.3, -0.25) is 0 Å². The van der Waals surface area contributed by atoms with Gasteiger partial charge in [-0.15, -0.1) is 11.3 Å². The van der Waals surface area contributed by atoms with E-state index < -0.39 is 5.82 Å². The predicted octanol–water partition coefficient (Wildman–Crippen LogP) is 4.84. The molecule has 0 saturated heterocycles.